The molecule has 0 spiro atoms. The quantitative estimate of drug-likeness (QED) is 0.561. The molecule has 21 heavy (non-hydrogen) atoms. The van der Waals surface area contributed by atoms with E-state index in [1.165, 1.54) is 12.1 Å². The monoisotopic (exact) mass is 291 g/mol. The lowest BCUT2D eigenvalue weighted by Crippen LogP contribution is -2.27. The van der Waals surface area contributed by atoms with E-state index in [2.05, 4.69) is 5.32 Å². The summed E-state index contributed by atoms with van der Waals surface area (Å²) in [5.74, 6) is -1.30. The molecule has 112 valence electrons. The number of rotatable bonds is 5. The van der Waals surface area contributed by atoms with Crippen LogP contribution in [0, 0.1) is 0 Å². The Morgan fingerprint density at radius 2 is 2.10 bits per heavy atom. The molecule has 1 aliphatic heterocycles. The normalized spacial score (nSPS) is 23.0. The van der Waals surface area contributed by atoms with Crippen LogP contribution in [0.1, 0.15) is 23.7 Å². The molecule has 0 radical (unpaired) electrons. The Hall–Kier alpha value is -2.34. The van der Waals surface area contributed by atoms with Gasteiger partial charge in [-0.05, 0) is 37.3 Å². The molecule has 1 aromatic rings. The summed E-state index contributed by atoms with van der Waals surface area (Å²) in [5.41, 5.74) is 0.906. The van der Waals surface area contributed by atoms with Crippen LogP contribution < -0.4 is 5.32 Å². The summed E-state index contributed by atoms with van der Waals surface area (Å²) < 4.78 is 5.17. The number of ether oxygens (including phenoxy) is 1. The van der Waals surface area contributed by atoms with E-state index in [-0.39, 0.29) is 24.0 Å². The maximum atomic E-state index is 11.4. The van der Waals surface area contributed by atoms with Gasteiger partial charge in [-0.3, -0.25) is 4.79 Å². The topological polar surface area (TPSA) is 95.9 Å². The van der Waals surface area contributed by atoms with Crippen LogP contribution in [0.15, 0.2) is 36.4 Å². The standard InChI is InChI=1S/C15H17NO5/c1-9(17)2-7-13-12(8-14(18)21-13)16-11-5-3-10(4-6-11)15(19)20/h2-7,9,12-13,16-17H,8H2,1H3,(H,19,20)/b7-2+/t9-,12-,13-/m0/s1. The minimum Gasteiger partial charge on any atom is -0.478 e. The second-order valence-electron chi connectivity index (χ2n) is 4.92. The number of nitrogens with one attached hydrogen (secondary N) is 1. The highest BCUT2D eigenvalue weighted by Gasteiger charge is 2.33. The predicted octanol–water partition coefficient (Wildman–Crippen LogP) is 1.42. The number of carbonyl (C=O) groups excluding carboxylic acids is 1. The maximum absolute atomic E-state index is 11.4. The molecule has 1 aromatic carbocycles. The van der Waals surface area contributed by atoms with Crippen molar-refractivity contribution in [3.63, 3.8) is 0 Å². The number of benzene rings is 1. The first kappa shape index (κ1) is 15.1. The molecule has 1 saturated heterocycles. The smallest absolute Gasteiger partial charge is 0.335 e. The summed E-state index contributed by atoms with van der Waals surface area (Å²) in [6.45, 7) is 1.61. The average molecular weight is 291 g/mol. The van der Waals surface area contributed by atoms with Crippen LogP contribution in [0.4, 0.5) is 5.69 Å². The first-order valence-electron chi connectivity index (χ1n) is 6.61. The molecule has 1 aliphatic rings. The lowest BCUT2D eigenvalue weighted by atomic mass is 10.1. The number of aliphatic hydroxyl groups excluding tert-OH is 1. The summed E-state index contributed by atoms with van der Waals surface area (Å²) in [7, 11) is 0. The van der Waals surface area contributed by atoms with Crippen LogP contribution in [0.3, 0.4) is 0 Å². The molecular weight excluding hydrogens is 274 g/mol. The number of carbonyl (C=O) groups is 2. The summed E-state index contributed by atoms with van der Waals surface area (Å²) in [4.78, 5) is 22.2. The van der Waals surface area contributed by atoms with Crippen molar-refractivity contribution < 1.29 is 24.5 Å². The third-order valence-corrected chi connectivity index (χ3v) is 3.11. The van der Waals surface area contributed by atoms with Crippen LogP contribution in [-0.4, -0.2) is 40.4 Å². The number of hydrogen-bond acceptors (Lipinski definition) is 5. The van der Waals surface area contributed by atoms with Crippen LogP contribution in [0.2, 0.25) is 0 Å². The number of hydrogen-bond donors (Lipinski definition) is 3. The third kappa shape index (κ3) is 4.06. The van der Waals surface area contributed by atoms with Gasteiger partial charge in [0, 0.05) is 5.69 Å². The maximum Gasteiger partial charge on any atom is 0.335 e. The van der Waals surface area contributed by atoms with Gasteiger partial charge in [0.1, 0.15) is 6.10 Å². The molecule has 3 atom stereocenters. The molecule has 0 unspecified atom stereocenters. The van der Waals surface area contributed by atoms with Gasteiger partial charge in [-0.2, -0.15) is 0 Å². The average Bonchev–Trinajstić information content (AvgIpc) is 2.77. The van der Waals surface area contributed by atoms with E-state index in [1.807, 2.05) is 0 Å². The first-order valence-corrected chi connectivity index (χ1v) is 6.61. The van der Waals surface area contributed by atoms with Crippen molar-refractivity contribution in [1.29, 1.82) is 0 Å². The molecule has 0 saturated carbocycles. The Morgan fingerprint density at radius 1 is 1.43 bits per heavy atom. The molecule has 6 nitrogen and oxygen atoms in total. The van der Waals surface area contributed by atoms with Gasteiger partial charge in [0.2, 0.25) is 0 Å². The van der Waals surface area contributed by atoms with Crippen LogP contribution in [0.5, 0.6) is 0 Å². The molecule has 0 aliphatic carbocycles. The highest BCUT2D eigenvalue weighted by molar-refractivity contribution is 5.88. The second-order valence-corrected chi connectivity index (χ2v) is 4.92. The lowest BCUT2D eigenvalue weighted by Gasteiger charge is -2.17. The number of aromatic carboxylic acids is 1. The summed E-state index contributed by atoms with van der Waals surface area (Å²) in [5, 5.41) is 21.2. The third-order valence-electron chi connectivity index (χ3n) is 3.11. The zero-order chi connectivity index (χ0) is 15.4. The van der Waals surface area contributed by atoms with E-state index in [0.29, 0.717) is 5.69 Å². The van der Waals surface area contributed by atoms with Gasteiger partial charge in [0.05, 0.1) is 24.1 Å². The summed E-state index contributed by atoms with van der Waals surface area (Å²) in [6, 6.07) is 6.01. The van der Waals surface area contributed by atoms with E-state index in [4.69, 9.17) is 9.84 Å². The van der Waals surface area contributed by atoms with Crippen molar-refractivity contribution >= 4 is 17.6 Å². The highest BCUT2D eigenvalue weighted by Crippen LogP contribution is 2.21. The Balaban J connectivity index is 2.05. The molecule has 0 amide bonds. The van der Waals surface area contributed by atoms with E-state index in [9.17, 15) is 14.7 Å². The number of carboxylic acid groups (broad SMARTS) is 1. The number of anilines is 1. The Bertz CT molecular complexity index is 550. The van der Waals surface area contributed by atoms with Crippen molar-refractivity contribution in [2.45, 2.75) is 31.6 Å². The van der Waals surface area contributed by atoms with Crippen molar-refractivity contribution in [3.8, 4) is 0 Å². The Kier molecular flexibility index (Phi) is 4.59. The van der Waals surface area contributed by atoms with Gasteiger partial charge in [-0.1, -0.05) is 6.08 Å². The zero-order valence-electron chi connectivity index (χ0n) is 11.5. The van der Waals surface area contributed by atoms with E-state index < -0.39 is 18.2 Å². The molecule has 1 fully saturated rings. The Labute approximate surface area is 122 Å². The molecule has 0 bridgehead atoms. The Morgan fingerprint density at radius 3 is 2.67 bits per heavy atom. The minimum absolute atomic E-state index is 0.199. The SMILES string of the molecule is C[C@H](O)/C=C/[C@@H]1OC(=O)C[C@@H]1Nc1ccc(C(=O)O)cc1. The van der Waals surface area contributed by atoms with E-state index >= 15 is 0 Å². The molecule has 1 heterocycles. The fourth-order valence-corrected chi connectivity index (χ4v) is 2.08. The van der Waals surface area contributed by atoms with Gasteiger partial charge in [-0.15, -0.1) is 0 Å². The van der Waals surface area contributed by atoms with Gasteiger partial charge in [0.15, 0.2) is 0 Å². The molecule has 6 heteroatoms. The number of aliphatic hydroxyl groups is 1. The highest BCUT2D eigenvalue weighted by atomic mass is 16.6. The van der Waals surface area contributed by atoms with Crippen LogP contribution in [-0.2, 0) is 9.53 Å². The van der Waals surface area contributed by atoms with Gasteiger partial charge in [-0.25, -0.2) is 4.79 Å². The van der Waals surface area contributed by atoms with E-state index in [0.717, 1.165) is 0 Å². The van der Waals surface area contributed by atoms with Gasteiger partial charge in [0.25, 0.3) is 0 Å². The van der Waals surface area contributed by atoms with Crippen molar-refractivity contribution in [2.75, 3.05) is 5.32 Å². The summed E-state index contributed by atoms with van der Waals surface area (Å²) >= 11 is 0. The fourth-order valence-electron chi connectivity index (χ4n) is 2.08. The number of esters is 1. The fraction of sp³-hybridized carbons (Fsp3) is 0.333. The summed E-state index contributed by atoms with van der Waals surface area (Å²) in [6.07, 6.45) is 2.37. The van der Waals surface area contributed by atoms with Crippen molar-refractivity contribution in [2.24, 2.45) is 0 Å². The van der Waals surface area contributed by atoms with Crippen LogP contribution in [0.25, 0.3) is 0 Å². The number of cyclic esters (lactones) is 1. The largest absolute Gasteiger partial charge is 0.478 e. The number of carboxylic acids is 1. The van der Waals surface area contributed by atoms with Gasteiger partial charge < -0.3 is 20.3 Å². The zero-order valence-corrected chi connectivity index (χ0v) is 11.5. The minimum atomic E-state index is -0.987. The molecule has 2 rings (SSSR count). The van der Waals surface area contributed by atoms with Crippen molar-refractivity contribution in [1.82, 2.24) is 0 Å². The van der Waals surface area contributed by atoms with Crippen LogP contribution >= 0.6 is 0 Å². The second kappa shape index (κ2) is 6.41. The predicted molar refractivity (Wildman–Crippen MR) is 76.1 cm³/mol. The van der Waals surface area contributed by atoms with Crippen molar-refractivity contribution in [3.05, 3.63) is 42.0 Å². The molecule has 0 aromatic heterocycles. The molecule has 3 N–H and O–H groups in total. The lowest BCUT2D eigenvalue weighted by molar-refractivity contribution is -0.140. The van der Waals surface area contributed by atoms with Gasteiger partial charge >= 0.3 is 11.9 Å². The first-order chi connectivity index (χ1) is 9.95. The van der Waals surface area contributed by atoms with E-state index in [1.54, 1.807) is 31.2 Å². The molecular formula is C15H17NO5.